The van der Waals surface area contributed by atoms with Crippen LogP contribution >= 0.6 is 0 Å². The number of allylic oxidation sites excluding steroid dienone is 4. The summed E-state index contributed by atoms with van der Waals surface area (Å²) >= 11 is 0. The summed E-state index contributed by atoms with van der Waals surface area (Å²) in [6.07, 6.45) is 5.23. The summed E-state index contributed by atoms with van der Waals surface area (Å²) in [4.78, 5) is 3.65. The Labute approximate surface area is 83.5 Å². The molecule has 0 N–H and O–H groups in total. The molecular weight excluding hydrogens is 179 g/mol. The van der Waals surface area contributed by atoms with E-state index in [9.17, 15) is 4.39 Å². The van der Waals surface area contributed by atoms with E-state index in [0.29, 0.717) is 12.8 Å². The van der Waals surface area contributed by atoms with Gasteiger partial charge in [-0.1, -0.05) is 6.08 Å². The number of hydrogen-bond donors (Lipinski definition) is 0. The summed E-state index contributed by atoms with van der Waals surface area (Å²) in [7, 11) is 0. The van der Waals surface area contributed by atoms with Gasteiger partial charge in [0, 0.05) is 0 Å². The van der Waals surface area contributed by atoms with Crippen molar-refractivity contribution in [2.45, 2.75) is 26.2 Å². The first kappa shape index (κ1) is 10.6. The third-order valence-corrected chi connectivity index (χ3v) is 2.57. The van der Waals surface area contributed by atoms with Crippen LogP contribution in [0.5, 0.6) is 0 Å². The van der Waals surface area contributed by atoms with Crippen molar-refractivity contribution < 1.29 is 4.39 Å². The van der Waals surface area contributed by atoms with Gasteiger partial charge in [0.15, 0.2) is 0 Å². The fourth-order valence-corrected chi connectivity index (χ4v) is 1.61. The maximum Gasteiger partial charge on any atom is 0.145 e. The van der Waals surface area contributed by atoms with Crippen LogP contribution in [0, 0.1) is 16.7 Å². The van der Waals surface area contributed by atoms with Crippen LogP contribution in [0.3, 0.4) is 0 Å². The molecule has 0 aromatic carbocycles. The van der Waals surface area contributed by atoms with Gasteiger partial charge in [0.1, 0.15) is 11.2 Å². The third kappa shape index (κ3) is 1.60. The second-order valence-corrected chi connectivity index (χ2v) is 3.40. The van der Waals surface area contributed by atoms with Gasteiger partial charge in [-0.2, -0.15) is 5.26 Å². The summed E-state index contributed by atoms with van der Waals surface area (Å²) in [6, 6.07) is 2.14. The Kier molecular flexibility index (Phi) is 3.19. The summed E-state index contributed by atoms with van der Waals surface area (Å²) < 4.78 is 13.5. The van der Waals surface area contributed by atoms with Gasteiger partial charge < -0.3 is 0 Å². The maximum atomic E-state index is 13.5. The zero-order valence-corrected chi connectivity index (χ0v) is 8.26. The average molecular weight is 192 g/mol. The van der Waals surface area contributed by atoms with Crippen molar-refractivity contribution in [2.24, 2.45) is 10.4 Å². The van der Waals surface area contributed by atoms with E-state index < -0.39 is 11.2 Å². The van der Waals surface area contributed by atoms with E-state index in [0.717, 1.165) is 6.42 Å². The fraction of sp³-hybridized carbons (Fsp3) is 0.455. The molecule has 0 amide bonds. The zero-order valence-electron chi connectivity index (χ0n) is 8.26. The lowest BCUT2D eigenvalue weighted by Gasteiger charge is -2.35. The molecule has 14 heavy (non-hydrogen) atoms. The Morgan fingerprint density at radius 2 is 2.29 bits per heavy atom. The molecule has 1 aliphatic carbocycles. The topological polar surface area (TPSA) is 36.1 Å². The lowest BCUT2D eigenvalue weighted by atomic mass is 9.67. The second kappa shape index (κ2) is 4.19. The van der Waals surface area contributed by atoms with Gasteiger partial charge in [0.2, 0.25) is 0 Å². The van der Waals surface area contributed by atoms with Gasteiger partial charge in [-0.05, 0) is 39.0 Å². The molecule has 0 aliphatic heterocycles. The molecule has 0 heterocycles. The zero-order chi connectivity index (χ0) is 10.6. The van der Waals surface area contributed by atoms with Crippen LogP contribution in [0.4, 0.5) is 4.39 Å². The highest BCUT2D eigenvalue weighted by Crippen LogP contribution is 2.48. The molecule has 0 aromatic rings. The normalized spacial score (nSPS) is 20.9. The second-order valence-electron chi connectivity index (χ2n) is 3.40. The van der Waals surface area contributed by atoms with Crippen LogP contribution in [0.2, 0.25) is 0 Å². The first-order valence-electron chi connectivity index (χ1n) is 4.61. The van der Waals surface area contributed by atoms with Crippen molar-refractivity contribution in [2.75, 3.05) is 0 Å². The number of nitrogens with zero attached hydrogens (tertiary/aromatic N) is 2. The Hall–Kier alpha value is -1.43. The SMILES string of the molecule is C=N/C(=C(F)\C=C/C)C1(C#N)CCC1. The highest BCUT2D eigenvalue weighted by Gasteiger charge is 2.42. The first-order valence-corrected chi connectivity index (χ1v) is 4.61. The summed E-state index contributed by atoms with van der Waals surface area (Å²) in [5.41, 5.74) is -0.518. The molecule has 1 rings (SSSR count). The van der Waals surface area contributed by atoms with Crippen LogP contribution in [0.25, 0.3) is 0 Å². The minimum absolute atomic E-state index is 0.198. The van der Waals surface area contributed by atoms with Gasteiger partial charge in [0.05, 0.1) is 11.8 Å². The lowest BCUT2D eigenvalue weighted by molar-refractivity contribution is 0.260. The lowest BCUT2D eigenvalue weighted by Crippen LogP contribution is -2.29. The number of rotatable bonds is 3. The molecule has 0 aromatic heterocycles. The van der Waals surface area contributed by atoms with Crippen LogP contribution in [0.15, 0.2) is 28.7 Å². The molecule has 1 fully saturated rings. The molecule has 3 heteroatoms. The van der Waals surface area contributed by atoms with E-state index in [-0.39, 0.29) is 5.70 Å². The van der Waals surface area contributed by atoms with Crippen LogP contribution in [-0.2, 0) is 0 Å². The Bertz CT molecular complexity index is 330. The minimum Gasteiger partial charge on any atom is -0.264 e. The number of nitriles is 1. The van der Waals surface area contributed by atoms with Crippen LogP contribution < -0.4 is 0 Å². The van der Waals surface area contributed by atoms with Gasteiger partial charge >= 0.3 is 0 Å². The quantitative estimate of drug-likeness (QED) is 0.500. The van der Waals surface area contributed by atoms with Crippen molar-refractivity contribution in [1.29, 1.82) is 5.26 Å². The van der Waals surface area contributed by atoms with Gasteiger partial charge in [-0.25, -0.2) is 4.39 Å². The Morgan fingerprint density at radius 3 is 2.57 bits per heavy atom. The number of aliphatic imine (C=N–C) groups is 1. The van der Waals surface area contributed by atoms with Gasteiger partial charge in [0.25, 0.3) is 0 Å². The molecule has 0 atom stereocenters. The van der Waals surface area contributed by atoms with Crippen LogP contribution in [-0.4, -0.2) is 6.72 Å². The predicted octanol–water partition coefficient (Wildman–Crippen LogP) is 3.14. The number of halogens is 1. The molecule has 0 spiro atoms. The van der Waals surface area contributed by atoms with Crippen LogP contribution in [0.1, 0.15) is 26.2 Å². The summed E-state index contributed by atoms with van der Waals surface area (Å²) in [5.74, 6) is -0.441. The van der Waals surface area contributed by atoms with Crippen molar-refractivity contribution in [3.8, 4) is 6.07 Å². The van der Waals surface area contributed by atoms with Gasteiger partial charge in [-0.3, -0.25) is 4.99 Å². The third-order valence-electron chi connectivity index (χ3n) is 2.57. The highest BCUT2D eigenvalue weighted by molar-refractivity contribution is 5.39. The molecule has 0 bridgehead atoms. The molecule has 2 nitrogen and oxygen atoms in total. The monoisotopic (exact) mass is 192 g/mol. The summed E-state index contributed by atoms with van der Waals surface area (Å²) in [6.45, 7) is 5.05. The Balaban J connectivity index is 3.08. The molecule has 74 valence electrons. The highest BCUT2D eigenvalue weighted by atomic mass is 19.1. The summed E-state index contributed by atoms with van der Waals surface area (Å²) in [5, 5.41) is 8.99. The molecule has 0 radical (unpaired) electrons. The molecular formula is C11H13FN2. The number of hydrogen-bond acceptors (Lipinski definition) is 2. The van der Waals surface area contributed by atoms with Gasteiger partial charge in [-0.15, -0.1) is 0 Å². The van der Waals surface area contributed by atoms with Crippen molar-refractivity contribution in [3.63, 3.8) is 0 Å². The first-order chi connectivity index (χ1) is 6.70. The van der Waals surface area contributed by atoms with E-state index in [1.807, 2.05) is 0 Å². The smallest absolute Gasteiger partial charge is 0.145 e. The maximum absolute atomic E-state index is 13.5. The minimum atomic E-state index is -0.717. The molecule has 1 aliphatic rings. The van der Waals surface area contributed by atoms with Crippen molar-refractivity contribution >= 4 is 6.72 Å². The average Bonchev–Trinajstić information content (AvgIpc) is 2.11. The molecule has 0 unspecified atom stereocenters. The van der Waals surface area contributed by atoms with E-state index in [1.165, 1.54) is 6.08 Å². The molecule has 0 saturated heterocycles. The van der Waals surface area contributed by atoms with Crippen molar-refractivity contribution in [3.05, 3.63) is 23.7 Å². The standard InChI is InChI=1S/C11H13FN2/c1-3-5-9(12)10(14-2)11(8-13)6-4-7-11/h3,5H,2,4,6-7H2,1H3/b5-3-,10-9+. The predicted molar refractivity (Wildman–Crippen MR) is 54.4 cm³/mol. The van der Waals surface area contributed by atoms with E-state index in [2.05, 4.69) is 17.8 Å². The van der Waals surface area contributed by atoms with E-state index in [1.54, 1.807) is 13.0 Å². The Morgan fingerprint density at radius 1 is 1.64 bits per heavy atom. The fourth-order valence-electron chi connectivity index (χ4n) is 1.61. The van der Waals surface area contributed by atoms with Crippen molar-refractivity contribution in [1.82, 2.24) is 0 Å². The van der Waals surface area contributed by atoms with E-state index in [4.69, 9.17) is 5.26 Å². The molecule has 1 saturated carbocycles. The van der Waals surface area contributed by atoms with E-state index >= 15 is 0 Å². The largest absolute Gasteiger partial charge is 0.264 e.